The molecular formula is C13H17Br2F. The van der Waals surface area contributed by atoms with Crippen LogP contribution in [0.2, 0.25) is 0 Å². The highest BCUT2D eigenvalue weighted by Crippen LogP contribution is 2.30. The first-order chi connectivity index (χ1) is 7.30. The average molecular weight is 352 g/mol. The molecule has 0 aliphatic rings. The van der Waals surface area contributed by atoms with E-state index in [9.17, 15) is 4.39 Å². The molecule has 0 saturated carbocycles. The first kappa shape index (κ1) is 14.2. The summed E-state index contributed by atoms with van der Waals surface area (Å²) in [5, 5.41) is 0. The lowest BCUT2D eigenvalue weighted by Gasteiger charge is -2.25. The van der Waals surface area contributed by atoms with Gasteiger partial charge < -0.3 is 0 Å². The lowest BCUT2D eigenvalue weighted by molar-refractivity contribution is 0.384. The van der Waals surface area contributed by atoms with E-state index in [1.807, 2.05) is 12.1 Å². The van der Waals surface area contributed by atoms with Gasteiger partial charge in [-0.25, -0.2) is 4.39 Å². The molecule has 0 heterocycles. The summed E-state index contributed by atoms with van der Waals surface area (Å²) >= 11 is 6.92. The Morgan fingerprint density at radius 2 is 1.94 bits per heavy atom. The Kier molecular flexibility index (Phi) is 4.99. The van der Waals surface area contributed by atoms with Crippen LogP contribution in [0.3, 0.4) is 0 Å². The zero-order chi connectivity index (χ0) is 12.3. The molecule has 3 heteroatoms. The van der Waals surface area contributed by atoms with Crippen molar-refractivity contribution in [1.29, 1.82) is 0 Å². The lowest BCUT2D eigenvalue weighted by atomic mass is 9.89. The normalized spacial score (nSPS) is 13.9. The van der Waals surface area contributed by atoms with E-state index >= 15 is 0 Å². The van der Waals surface area contributed by atoms with Gasteiger partial charge in [-0.15, -0.1) is 0 Å². The van der Waals surface area contributed by atoms with Crippen LogP contribution < -0.4 is 0 Å². The topological polar surface area (TPSA) is 0 Å². The molecule has 0 aliphatic carbocycles. The van der Waals surface area contributed by atoms with Crippen LogP contribution in [0.15, 0.2) is 22.7 Å². The zero-order valence-corrected chi connectivity index (χ0v) is 13.0. The highest BCUT2D eigenvalue weighted by atomic mass is 79.9. The summed E-state index contributed by atoms with van der Waals surface area (Å²) in [6, 6.07) is 5.26. The first-order valence-electron chi connectivity index (χ1n) is 5.38. The number of hydrogen-bond acceptors (Lipinski definition) is 0. The molecule has 1 aromatic carbocycles. The third kappa shape index (κ3) is 4.17. The maximum Gasteiger partial charge on any atom is 0.127 e. The van der Waals surface area contributed by atoms with Crippen LogP contribution in [0.5, 0.6) is 0 Å². The number of benzene rings is 1. The fourth-order valence-electron chi connectivity index (χ4n) is 1.44. The van der Waals surface area contributed by atoms with Crippen molar-refractivity contribution in [1.82, 2.24) is 0 Å². The number of aryl methyl sites for hydroxylation is 1. The summed E-state index contributed by atoms with van der Waals surface area (Å²) in [7, 11) is 0. The first-order valence-corrected chi connectivity index (χ1v) is 7.09. The third-order valence-corrected chi connectivity index (χ3v) is 4.95. The molecule has 1 atom stereocenters. The summed E-state index contributed by atoms with van der Waals surface area (Å²) in [6.07, 6.45) is 1.72. The molecule has 16 heavy (non-hydrogen) atoms. The smallest absolute Gasteiger partial charge is 0.127 e. The minimum absolute atomic E-state index is 0.122. The van der Waals surface area contributed by atoms with E-state index in [4.69, 9.17) is 0 Å². The second-order valence-electron chi connectivity index (χ2n) is 5.11. The molecule has 0 amide bonds. The van der Waals surface area contributed by atoms with Gasteiger partial charge in [0.05, 0.1) is 0 Å². The van der Waals surface area contributed by atoms with Gasteiger partial charge in [-0.05, 0) is 36.0 Å². The molecule has 0 spiro atoms. The molecule has 0 aliphatic heterocycles. The Bertz CT molecular complexity index is 355. The van der Waals surface area contributed by atoms with Crippen molar-refractivity contribution in [3.05, 3.63) is 34.1 Å². The van der Waals surface area contributed by atoms with E-state index in [1.54, 1.807) is 0 Å². The van der Waals surface area contributed by atoms with E-state index in [1.165, 1.54) is 6.07 Å². The predicted molar refractivity (Wildman–Crippen MR) is 74.6 cm³/mol. The maximum absolute atomic E-state index is 13.6. The second kappa shape index (κ2) is 5.63. The third-order valence-electron chi connectivity index (χ3n) is 2.62. The number of rotatable bonds is 3. The maximum atomic E-state index is 13.6. The van der Waals surface area contributed by atoms with Crippen LogP contribution >= 0.6 is 31.9 Å². The monoisotopic (exact) mass is 350 g/mol. The molecular weight excluding hydrogens is 335 g/mol. The van der Waals surface area contributed by atoms with Crippen LogP contribution in [0.1, 0.15) is 32.8 Å². The molecule has 1 aromatic rings. The van der Waals surface area contributed by atoms with Crippen LogP contribution in [0.4, 0.5) is 4.39 Å². The predicted octanol–water partition coefficient (Wildman–Crippen LogP) is 5.33. The van der Waals surface area contributed by atoms with Crippen LogP contribution in [0.25, 0.3) is 0 Å². The van der Waals surface area contributed by atoms with Crippen molar-refractivity contribution in [3.8, 4) is 0 Å². The van der Waals surface area contributed by atoms with Crippen molar-refractivity contribution in [3.63, 3.8) is 0 Å². The lowest BCUT2D eigenvalue weighted by Crippen LogP contribution is -2.20. The highest BCUT2D eigenvalue weighted by Gasteiger charge is 2.21. The van der Waals surface area contributed by atoms with Gasteiger partial charge in [-0.1, -0.05) is 58.7 Å². The number of hydrogen-bond donors (Lipinski definition) is 0. The molecule has 0 aromatic heterocycles. The van der Waals surface area contributed by atoms with Gasteiger partial charge in [-0.2, -0.15) is 0 Å². The average Bonchev–Trinajstić information content (AvgIpc) is 2.14. The molecule has 0 radical (unpaired) electrons. The van der Waals surface area contributed by atoms with Gasteiger partial charge in [-0.3, -0.25) is 0 Å². The Hall–Kier alpha value is 0.110. The standard InChI is InChI=1S/C13H17Br2F/c1-13(2,3)12(15)7-5-9-4-6-10(14)8-11(9)16/h4,6,8,12H,5,7H2,1-3H3. The van der Waals surface area contributed by atoms with Crippen molar-refractivity contribution < 1.29 is 4.39 Å². The Morgan fingerprint density at radius 1 is 1.31 bits per heavy atom. The molecule has 0 saturated heterocycles. The quantitative estimate of drug-likeness (QED) is 0.645. The molecule has 1 unspecified atom stereocenters. The van der Waals surface area contributed by atoms with Gasteiger partial charge in [0.15, 0.2) is 0 Å². The van der Waals surface area contributed by atoms with Gasteiger partial charge in [0.2, 0.25) is 0 Å². The number of halogens is 3. The minimum Gasteiger partial charge on any atom is -0.207 e. The summed E-state index contributed by atoms with van der Waals surface area (Å²) in [6.45, 7) is 6.55. The van der Waals surface area contributed by atoms with E-state index in [-0.39, 0.29) is 11.2 Å². The van der Waals surface area contributed by atoms with E-state index in [2.05, 4.69) is 52.6 Å². The Balaban J connectivity index is 2.62. The fourth-order valence-corrected chi connectivity index (χ4v) is 2.00. The van der Waals surface area contributed by atoms with Gasteiger partial charge in [0.1, 0.15) is 5.82 Å². The SMILES string of the molecule is CC(C)(C)C(Br)CCc1ccc(Br)cc1F. The molecule has 0 N–H and O–H groups in total. The van der Waals surface area contributed by atoms with Crippen LogP contribution in [-0.4, -0.2) is 4.83 Å². The van der Waals surface area contributed by atoms with Crippen molar-refractivity contribution in [2.75, 3.05) is 0 Å². The van der Waals surface area contributed by atoms with Crippen LogP contribution in [-0.2, 0) is 6.42 Å². The Morgan fingerprint density at radius 3 is 2.44 bits per heavy atom. The van der Waals surface area contributed by atoms with Gasteiger partial charge >= 0.3 is 0 Å². The molecule has 1 rings (SSSR count). The van der Waals surface area contributed by atoms with Crippen LogP contribution in [0, 0.1) is 11.2 Å². The molecule has 0 fully saturated rings. The van der Waals surface area contributed by atoms with E-state index in [0.717, 1.165) is 22.9 Å². The second-order valence-corrected chi connectivity index (χ2v) is 7.13. The van der Waals surface area contributed by atoms with Gasteiger partial charge in [0.25, 0.3) is 0 Å². The molecule has 0 bridgehead atoms. The van der Waals surface area contributed by atoms with Crippen molar-refractivity contribution in [2.45, 2.75) is 38.4 Å². The number of alkyl halides is 1. The summed E-state index contributed by atoms with van der Waals surface area (Å²) < 4.78 is 14.3. The van der Waals surface area contributed by atoms with Crippen molar-refractivity contribution in [2.24, 2.45) is 5.41 Å². The summed E-state index contributed by atoms with van der Waals surface area (Å²) in [5.41, 5.74) is 1.00. The van der Waals surface area contributed by atoms with E-state index in [0.29, 0.717) is 4.83 Å². The van der Waals surface area contributed by atoms with Crippen molar-refractivity contribution >= 4 is 31.9 Å². The molecule has 0 nitrogen and oxygen atoms in total. The summed E-state index contributed by atoms with van der Waals surface area (Å²) in [5.74, 6) is -0.122. The minimum atomic E-state index is -0.122. The molecule has 90 valence electrons. The van der Waals surface area contributed by atoms with Gasteiger partial charge in [0, 0.05) is 9.30 Å². The Labute approximate surface area is 114 Å². The zero-order valence-electron chi connectivity index (χ0n) is 9.86. The summed E-state index contributed by atoms with van der Waals surface area (Å²) in [4.78, 5) is 0.406. The van der Waals surface area contributed by atoms with E-state index < -0.39 is 0 Å². The highest BCUT2D eigenvalue weighted by molar-refractivity contribution is 9.10. The largest absolute Gasteiger partial charge is 0.207 e. The fraction of sp³-hybridized carbons (Fsp3) is 0.538.